The van der Waals surface area contributed by atoms with E-state index in [0.29, 0.717) is 6.07 Å². The second-order valence-corrected chi connectivity index (χ2v) is 10.1. The number of benzene rings is 2. The summed E-state index contributed by atoms with van der Waals surface area (Å²) in [6.45, 7) is -0.0779. The maximum Gasteiger partial charge on any atom is 0.424 e. The van der Waals surface area contributed by atoms with Gasteiger partial charge in [0.05, 0.1) is 24.9 Å². The van der Waals surface area contributed by atoms with Crippen LogP contribution in [-0.4, -0.2) is 45.9 Å². The predicted molar refractivity (Wildman–Crippen MR) is 140 cm³/mol. The van der Waals surface area contributed by atoms with E-state index in [0.717, 1.165) is 38.1 Å². The van der Waals surface area contributed by atoms with Crippen LogP contribution in [-0.2, 0) is 17.9 Å². The second-order valence-electron chi connectivity index (χ2n) is 10.1. The summed E-state index contributed by atoms with van der Waals surface area (Å²) in [7, 11) is 1.28. The first-order valence-corrected chi connectivity index (χ1v) is 12.4. The number of halogens is 6. The molecule has 1 atom stereocenters. The molecule has 0 saturated heterocycles. The summed E-state index contributed by atoms with van der Waals surface area (Å²) in [6, 6.07) is 8.45. The van der Waals surface area contributed by atoms with E-state index in [1.165, 1.54) is 31.5 Å². The number of nitrogens with zero attached hydrogens (tertiary/aromatic N) is 2. The van der Waals surface area contributed by atoms with Crippen molar-refractivity contribution in [2.24, 2.45) is 0 Å². The molecule has 42 heavy (non-hydrogen) atoms. The first kappa shape index (κ1) is 30.7. The predicted octanol–water partition coefficient (Wildman–Crippen LogP) is 5.46. The number of amides is 1. The van der Waals surface area contributed by atoms with E-state index in [4.69, 9.17) is 4.74 Å². The van der Waals surface area contributed by atoms with Gasteiger partial charge >= 0.3 is 6.18 Å². The molecule has 13 heteroatoms. The zero-order valence-corrected chi connectivity index (χ0v) is 22.5. The monoisotopic (exact) mass is 593 g/mol. The van der Waals surface area contributed by atoms with Gasteiger partial charge in [-0.05, 0) is 62.4 Å². The summed E-state index contributed by atoms with van der Waals surface area (Å²) in [5, 5.41) is 23.8. The van der Waals surface area contributed by atoms with Gasteiger partial charge in [0.15, 0.2) is 5.82 Å². The molecule has 0 aliphatic carbocycles. The Hall–Kier alpha value is -4.23. The van der Waals surface area contributed by atoms with E-state index in [9.17, 15) is 37.0 Å². The van der Waals surface area contributed by atoms with Crippen molar-refractivity contribution in [2.45, 2.75) is 37.9 Å². The zero-order valence-electron chi connectivity index (χ0n) is 22.5. The van der Waals surface area contributed by atoms with Crippen LogP contribution in [0.25, 0.3) is 22.2 Å². The molecule has 0 aliphatic rings. The molecular formula is C29H25F6N3O4. The molecule has 0 fully saturated rings. The first-order valence-electron chi connectivity index (χ1n) is 12.4. The van der Waals surface area contributed by atoms with Crippen LogP contribution in [0.1, 0.15) is 41.0 Å². The van der Waals surface area contributed by atoms with Crippen LogP contribution >= 0.6 is 0 Å². The van der Waals surface area contributed by atoms with Gasteiger partial charge in [0.25, 0.3) is 5.91 Å². The lowest BCUT2D eigenvalue weighted by Gasteiger charge is -2.32. The molecular weight excluding hydrogens is 568 g/mol. The topological polar surface area (TPSA) is 105 Å². The highest BCUT2D eigenvalue weighted by Gasteiger charge is 2.57. The summed E-state index contributed by atoms with van der Waals surface area (Å²) < 4.78 is 90.6. The number of ether oxygens (including phenoxy) is 1. The number of hydrogen-bond donors (Lipinski definition) is 3. The SMILES string of the molecule is COc1cc(C(=O)NC[C@](O)(c2cc(C(C)(C)O)c(F)c(-c3ccc(F)cc3)n2)C(F)(F)F)cc2cc(CF)cnc12. The molecule has 1 amide bonds. The van der Waals surface area contributed by atoms with Crippen LogP contribution in [0.2, 0.25) is 0 Å². The van der Waals surface area contributed by atoms with Crippen molar-refractivity contribution < 1.29 is 46.1 Å². The summed E-state index contributed by atoms with van der Waals surface area (Å²) in [4.78, 5) is 20.8. The minimum atomic E-state index is -5.46. The Bertz CT molecular complexity index is 1640. The molecule has 4 rings (SSSR count). The number of carbonyl (C=O) groups is 1. The van der Waals surface area contributed by atoms with Crippen molar-refractivity contribution in [3.63, 3.8) is 0 Å². The smallest absolute Gasteiger partial charge is 0.424 e. The van der Waals surface area contributed by atoms with Crippen LogP contribution < -0.4 is 10.1 Å². The van der Waals surface area contributed by atoms with Crippen molar-refractivity contribution in [1.82, 2.24) is 15.3 Å². The van der Waals surface area contributed by atoms with Crippen LogP contribution in [0, 0.1) is 11.6 Å². The van der Waals surface area contributed by atoms with Gasteiger partial charge in [-0.3, -0.25) is 9.78 Å². The van der Waals surface area contributed by atoms with Crippen molar-refractivity contribution in [3.05, 3.63) is 88.7 Å². The molecule has 2 aromatic heterocycles. The van der Waals surface area contributed by atoms with Crippen molar-refractivity contribution >= 4 is 16.8 Å². The van der Waals surface area contributed by atoms with Crippen LogP contribution in [0.15, 0.2) is 54.7 Å². The van der Waals surface area contributed by atoms with Crippen LogP contribution in [0.5, 0.6) is 5.75 Å². The molecule has 2 heterocycles. The van der Waals surface area contributed by atoms with E-state index < -0.39 is 65.1 Å². The number of nitrogens with one attached hydrogen (secondary N) is 1. The number of aliphatic hydroxyl groups is 2. The average Bonchev–Trinajstić information content (AvgIpc) is 2.94. The Kier molecular flexibility index (Phi) is 8.20. The van der Waals surface area contributed by atoms with E-state index in [2.05, 4.69) is 9.97 Å². The number of fused-ring (bicyclic) bond motifs is 1. The van der Waals surface area contributed by atoms with Crippen LogP contribution in [0.3, 0.4) is 0 Å². The molecule has 0 unspecified atom stereocenters. The normalized spacial score (nSPS) is 13.6. The first-order chi connectivity index (χ1) is 19.6. The van der Waals surface area contributed by atoms with E-state index in [1.807, 2.05) is 5.32 Å². The number of hydrogen-bond acceptors (Lipinski definition) is 6. The van der Waals surface area contributed by atoms with Gasteiger partial charge in [-0.2, -0.15) is 13.2 Å². The molecule has 7 nitrogen and oxygen atoms in total. The molecule has 222 valence electrons. The molecule has 0 spiro atoms. The Morgan fingerprint density at radius 3 is 2.26 bits per heavy atom. The Labute approximate surface area is 235 Å². The highest BCUT2D eigenvalue weighted by Crippen LogP contribution is 2.41. The van der Waals surface area contributed by atoms with Gasteiger partial charge in [-0.1, -0.05) is 0 Å². The van der Waals surface area contributed by atoms with E-state index in [-0.39, 0.29) is 33.3 Å². The molecule has 0 aliphatic heterocycles. The average molecular weight is 594 g/mol. The zero-order chi connectivity index (χ0) is 31.0. The highest BCUT2D eigenvalue weighted by molar-refractivity contribution is 6.00. The number of rotatable bonds is 8. The fourth-order valence-electron chi connectivity index (χ4n) is 4.25. The van der Waals surface area contributed by atoms with Gasteiger partial charge in [0, 0.05) is 33.8 Å². The lowest BCUT2D eigenvalue weighted by molar-refractivity contribution is -0.265. The summed E-state index contributed by atoms with van der Waals surface area (Å²) >= 11 is 0. The summed E-state index contributed by atoms with van der Waals surface area (Å²) in [5.41, 5.74) is -8.17. The Balaban J connectivity index is 1.78. The lowest BCUT2D eigenvalue weighted by atomic mass is 9.90. The Morgan fingerprint density at radius 1 is 1.02 bits per heavy atom. The fraction of sp³-hybridized carbons (Fsp3) is 0.276. The third-order valence-corrected chi connectivity index (χ3v) is 6.57. The third-order valence-electron chi connectivity index (χ3n) is 6.57. The molecule has 2 aromatic carbocycles. The van der Waals surface area contributed by atoms with Crippen molar-refractivity contribution in [1.29, 1.82) is 0 Å². The van der Waals surface area contributed by atoms with Gasteiger partial charge in [0.2, 0.25) is 5.60 Å². The number of carbonyl (C=O) groups excluding carboxylic acids is 1. The van der Waals surface area contributed by atoms with Gasteiger partial charge < -0.3 is 20.3 Å². The highest BCUT2D eigenvalue weighted by atomic mass is 19.4. The number of alkyl halides is 4. The fourth-order valence-corrected chi connectivity index (χ4v) is 4.25. The van der Waals surface area contributed by atoms with Gasteiger partial charge in [-0.15, -0.1) is 0 Å². The maximum absolute atomic E-state index is 15.4. The minimum absolute atomic E-state index is 0.0908. The van der Waals surface area contributed by atoms with Crippen molar-refractivity contribution in [2.75, 3.05) is 13.7 Å². The molecule has 4 aromatic rings. The number of pyridine rings is 2. The lowest BCUT2D eigenvalue weighted by Crippen LogP contribution is -2.51. The van der Waals surface area contributed by atoms with Gasteiger partial charge in [0.1, 0.15) is 29.5 Å². The standard InChI is InChI=1S/C29H25F6N3O4/c1-27(2,40)20-11-22(38-25(23(20)32)16-4-6-19(31)7-5-16)28(41,29(33,34)35)14-37-26(39)18-9-17-8-15(12-30)13-36-24(17)21(10-18)42-3/h4-11,13,40-41H,12,14H2,1-3H3,(H,37,39)/t28-/m0/s1. The summed E-state index contributed by atoms with van der Waals surface area (Å²) in [6.07, 6.45) is -4.19. The van der Waals surface area contributed by atoms with E-state index in [1.54, 1.807) is 0 Å². The molecule has 3 N–H and O–H groups in total. The Morgan fingerprint density at radius 2 is 1.69 bits per heavy atom. The second kappa shape index (κ2) is 11.2. The molecule has 0 radical (unpaired) electrons. The van der Waals surface area contributed by atoms with Crippen molar-refractivity contribution in [3.8, 4) is 17.0 Å². The maximum atomic E-state index is 15.4. The largest absolute Gasteiger partial charge is 0.494 e. The minimum Gasteiger partial charge on any atom is -0.494 e. The molecule has 0 bridgehead atoms. The quantitative estimate of drug-likeness (QED) is 0.235. The summed E-state index contributed by atoms with van der Waals surface area (Å²) in [5.74, 6) is -2.86. The molecule has 0 saturated carbocycles. The number of methoxy groups -OCH3 is 1. The van der Waals surface area contributed by atoms with Gasteiger partial charge in [-0.25, -0.2) is 18.2 Å². The number of aromatic nitrogens is 2. The van der Waals surface area contributed by atoms with Crippen LogP contribution in [0.4, 0.5) is 26.3 Å². The van der Waals surface area contributed by atoms with E-state index >= 15 is 4.39 Å². The third kappa shape index (κ3) is 5.88.